The second kappa shape index (κ2) is 4.08. The molecule has 88 valence electrons. The van der Waals surface area contributed by atoms with E-state index >= 15 is 0 Å². The minimum absolute atomic E-state index is 0.140. The average Bonchev–Trinajstić information content (AvgIpc) is 2.91. The van der Waals surface area contributed by atoms with E-state index in [1.54, 1.807) is 0 Å². The van der Waals surface area contributed by atoms with Crippen molar-refractivity contribution in [3.05, 3.63) is 24.3 Å². The number of benzene rings is 1. The maximum atomic E-state index is 11.0. The second-order valence-electron chi connectivity index (χ2n) is 4.29. The van der Waals surface area contributed by atoms with E-state index in [1.807, 2.05) is 24.3 Å². The summed E-state index contributed by atoms with van der Waals surface area (Å²) in [4.78, 5) is 18.7. The highest BCUT2D eigenvalue weighted by Gasteiger charge is 2.20. The number of fused-ring (bicyclic) bond motifs is 1. The first-order valence-corrected chi connectivity index (χ1v) is 5.79. The second-order valence-corrected chi connectivity index (χ2v) is 4.29. The van der Waals surface area contributed by atoms with E-state index < -0.39 is 0 Å². The Kier molecular flexibility index (Phi) is 2.44. The summed E-state index contributed by atoms with van der Waals surface area (Å²) in [5.41, 5.74) is 1.97. The molecule has 3 rings (SSSR count). The first-order valence-electron chi connectivity index (χ1n) is 5.79. The molecular formula is C12H14N4O. The minimum atomic E-state index is 0.140. The predicted molar refractivity (Wildman–Crippen MR) is 65.7 cm³/mol. The van der Waals surface area contributed by atoms with Gasteiger partial charge in [0.2, 0.25) is 11.9 Å². The minimum Gasteiger partial charge on any atom is -0.354 e. The van der Waals surface area contributed by atoms with Crippen LogP contribution in [0.4, 0.5) is 5.95 Å². The molecule has 0 aliphatic carbocycles. The van der Waals surface area contributed by atoms with Gasteiger partial charge in [0, 0.05) is 19.0 Å². The normalized spacial score (nSPS) is 19.5. The number of carbonyl (C=O) groups is 1. The van der Waals surface area contributed by atoms with Crippen molar-refractivity contribution in [2.24, 2.45) is 0 Å². The molecule has 1 aromatic carbocycles. The van der Waals surface area contributed by atoms with Crippen molar-refractivity contribution >= 4 is 22.9 Å². The SMILES string of the molecule is O=C1CCC(CNc2nc3ccccc3[nH]2)N1. The molecule has 1 atom stereocenters. The summed E-state index contributed by atoms with van der Waals surface area (Å²) in [6.45, 7) is 0.714. The van der Waals surface area contributed by atoms with Gasteiger partial charge in [0.05, 0.1) is 11.0 Å². The van der Waals surface area contributed by atoms with Crippen LogP contribution in [0, 0.1) is 0 Å². The van der Waals surface area contributed by atoms with Gasteiger partial charge in [-0.25, -0.2) is 4.98 Å². The maximum Gasteiger partial charge on any atom is 0.220 e. The number of rotatable bonds is 3. The van der Waals surface area contributed by atoms with Crippen LogP contribution < -0.4 is 10.6 Å². The van der Waals surface area contributed by atoms with Crippen molar-refractivity contribution in [1.29, 1.82) is 0 Å². The fourth-order valence-corrected chi connectivity index (χ4v) is 2.09. The summed E-state index contributed by atoms with van der Waals surface area (Å²) in [5.74, 6) is 0.897. The van der Waals surface area contributed by atoms with Gasteiger partial charge >= 0.3 is 0 Å². The number of imidazole rings is 1. The number of nitrogens with one attached hydrogen (secondary N) is 3. The average molecular weight is 230 g/mol. The van der Waals surface area contributed by atoms with E-state index in [2.05, 4.69) is 20.6 Å². The largest absolute Gasteiger partial charge is 0.354 e. The molecule has 5 heteroatoms. The number of para-hydroxylation sites is 2. The van der Waals surface area contributed by atoms with Crippen LogP contribution in [0.3, 0.4) is 0 Å². The molecule has 0 radical (unpaired) electrons. The fraction of sp³-hybridized carbons (Fsp3) is 0.333. The lowest BCUT2D eigenvalue weighted by atomic mass is 10.2. The van der Waals surface area contributed by atoms with E-state index in [-0.39, 0.29) is 11.9 Å². The molecule has 1 unspecified atom stereocenters. The zero-order valence-corrected chi connectivity index (χ0v) is 9.36. The molecule has 1 aliphatic rings. The summed E-state index contributed by atoms with van der Waals surface area (Å²) in [5, 5.41) is 6.13. The van der Waals surface area contributed by atoms with E-state index in [0.717, 1.165) is 23.4 Å². The van der Waals surface area contributed by atoms with Gasteiger partial charge < -0.3 is 15.6 Å². The van der Waals surface area contributed by atoms with Crippen LogP contribution in [-0.2, 0) is 4.79 Å². The molecule has 1 aliphatic heterocycles. The van der Waals surface area contributed by atoms with Gasteiger partial charge in [0.25, 0.3) is 0 Å². The van der Waals surface area contributed by atoms with E-state index in [9.17, 15) is 4.79 Å². The molecule has 3 N–H and O–H groups in total. The van der Waals surface area contributed by atoms with Gasteiger partial charge in [0.15, 0.2) is 0 Å². The summed E-state index contributed by atoms with van der Waals surface area (Å²) in [6.07, 6.45) is 1.53. The number of nitrogens with zero attached hydrogens (tertiary/aromatic N) is 1. The van der Waals surface area contributed by atoms with Crippen molar-refractivity contribution < 1.29 is 4.79 Å². The topological polar surface area (TPSA) is 69.8 Å². The third-order valence-corrected chi connectivity index (χ3v) is 2.99. The van der Waals surface area contributed by atoms with Gasteiger partial charge in [-0.3, -0.25) is 4.79 Å². The first kappa shape index (κ1) is 10.1. The van der Waals surface area contributed by atoms with Crippen molar-refractivity contribution in [1.82, 2.24) is 15.3 Å². The molecule has 2 heterocycles. The molecule has 5 nitrogen and oxygen atoms in total. The van der Waals surface area contributed by atoms with Crippen LogP contribution in [0.1, 0.15) is 12.8 Å². The van der Waals surface area contributed by atoms with Crippen LogP contribution in [0.15, 0.2) is 24.3 Å². The highest BCUT2D eigenvalue weighted by atomic mass is 16.1. The Morgan fingerprint density at radius 3 is 3.06 bits per heavy atom. The molecular weight excluding hydrogens is 216 g/mol. The highest BCUT2D eigenvalue weighted by Crippen LogP contribution is 2.14. The molecule has 0 saturated carbocycles. The summed E-state index contributed by atoms with van der Waals surface area (Å²) < 4.78 is 0. The molecule has 0 spiro atoms. The van der Waals surface area contributed by atoms with Crippen LogP contribution in [0.25, 0.3) is 11.0 Å². The van der Waals surface area contributed by atoms with Crippen molar-refractivity contribution in [3.8, 4) is 0 Å². The van der Waals surface area contributed by atoms with E-state index in [4.69, 9.17) is 0 Å². The Hall–Kier alpha value is -2.04. The van der Waals surface area contributed by atoms with Gasteiger partial charge in [0.1, 0.15) is 0 Å². The van der Waals surface area contributed by atoms with E-state index in [0.29, 0.717) is 13.0 Å². The lowest BCUT2D eigenvalue weighted by Crippen LogP contribution is -2.32. The number of carbonyl (C=O) groups excluding carboxylic acids is 1. The Morgan fingerprint density at radius 2 is 2.29 bits per heavy atom. The van der Waals surface area contributed by atoms with Crippen molar-refractivity contribution in [2.75, 3.05) is 11.9 Å². The number of hydrogen-bond donors (Lipinski definition) is 3. The molecule has 1 amide bonds. The number of aromatic nitrogens is 2. The number of anilines is 1. The van der Waals surface area contributed by atoms with Crippen LogP contribution >= 0.6 is 0 Å². The number of hydrogen-bond acceptors (Lipinski definition) is 3. The molecule has 1 aromatic heterocycles. The Balaban J connectivity index is 1.66. The first-order chi connectivity index (χ1) is 8.31. The molecule has 2 aromatic rings. The quantitative estimate of drug-likeness (QED) is 0.743. The predicted octanol–water partition coefficient (Wildman–Crippen LogP) is 1.25. The zero-order chi connectivity index (χ0) is 11.7. The molecule has 1 saturated heterocycles. The maximum absolute atomic E-state index is 11.0. The number of H-pyrrole nitrogens is 1. The molecule has 0 bridgehead atoms. The Morgan fingerprint density at radius 1 is 1.41 bits per heavy atom. The highest BCUT2D eigenvalue weighted by molar-refractivity contribution is 5.79. The third kappa shape index (κ3) is 2.08. The van der Waals surface area contributed by atoms with Crippen LogP contribution in [0.5, 0.6) is 0 Å². The summed E-state index contributed by atoms with van der Waals surface area (Å²) in [6, 6.07) is 8.11. The fourth-order valence-electron chi connectivity index (χ4n) is 2.09. The summed E-state index contributed by atoms with van der Waals surface area (Å²) in [7, 11) is 0. The van der Waals surface area contributed by atoms with E-state index in [1.165, 1.54) is 0 Å². The van der Waals surface area contributed by atoms with Crippen molar-refractivity contribution in [3.63, 3.8) is 0 Å². The van der Waals surface area contributed by atoms with Crippen molar-refractivity contribution in [2.45, 2.75) is 18.9 Å². The van der Waals surface area contributed by atoms with Gasteiger partial charge in [-0.15, -0.1) is 0 Å². The Bertz CT molecular complexity index is 515. The van der Waals surface area contributed by atoms with Gasteiger partial charge in [-0.2, -0.15) is 0 Å². The number of aromatic amines is 1. The van der Waals surface area contributed by atoms with Crippen LogP contribution in [-0.4, -0.2) is 28.5 Å². The lowest BCUT2D eigenvalue weighted by Gasteiger charge is -2.09. The van der Waals surface area contributed by atoms with Gasteiger partial charge in [-0.1, -0.05) is 12.1 Å². The molecule has 17 heavy (non-hydrogen) atoms. The number of amides is 1. The Labute approximate surface area is 98.6 Å². The lowest BCUT2D eigenvalue weighted by molar-refractivity contribution is -0.119. The monoisotopic (exact) mass is 230 g/mol. The molecule has 1 fully saturated rings. The third-order valence-electron chi connectivity index (χ3n) is 2.99. The standard InChI is InChI=1S/C12H14N4O/c17-11-6-5-8(14-11)7-13-12-15-9-3-1-2-4-10(9)16-12/h1-4,8H,5-7H2,(H,14,17)(H2,13,15,16). The zero-order valence-electron chi connectivity index (χ0n) is 9.36. The van der Waals surface area contributed by atoms with Gasteiger partial charge in [-0.05, 0) is 18.6 Å². The smallest absolute Gasteiger partial charge is 0.220 e. The summed E-state index contributed by atoms with van der Waals surface area (Å²) >= 11 is 0. The van der Waals surface area contributed by atoms with Crippen LogP contribution in [0.2, 0.25) is 0 Å².